The van der Waals surface area contributed by atoms with E-state index < -0.39 is 9.89 Å². The molecule has 0 bridgehead atoms. The molecule has 2 N–H and O–H groups in total. The van der Waals surface area contributed by atoms with Crippen LogP contribution < -0.4 is 34.7 Å². The molecule has 66 valence electrons. The molecule has 0 radical (unpaired) electrons. The van der Waals surface area contributed by atoms with Gasteiger partial charge in [-0.2, -0.15) is 0 Å². The van der Waals surface area contributed by atoms with Crippen LogP contribution in [0.15, 0.2) is 30.3 Å². The maximum atomic E-state index is 10.4. The second-order valence-electron chi connectivity index (χ2n) is 2.09. The van der Waals surface area contributed by atoms with Crippen LogP contribution in [0, 0.1) is 0 Å². The van der Waals surface area contributed by atoms with Gasteiger partial charge in [0.25, 0.3) is 0 Å². The van der Waals surface area contributed by atoms with E-state index in [-0.39, 0.29) is 35.0 Å². The number of alkyl halides is 1. The Balaban J connectivity index is 0. The topological polar surface area (TPSA) is 71.6 Å². The van der Waals surface area contributed by atoms with E-state index in [1.807, 2.05) is 40.8 Å². The first-order chi connectivity index (χ1) is 5.22. The summed E-state index contributed by atoms with van der Waals surface area (Å²) >= 11 is 1.84. The largest absolute Gasteiger partial charge is 1.00 e. The molecule has 1 aromatic rings. The van der Waals surface area contributed by atoms with Gasteiger partial charge in [-0.15, -0.1) is 0 Å². The molecule has 1 aromatic carbocycles. The molecule has 5 heteroatoms. The monoisotopic (exact) mass is 302 g/mol. The van der Waals surface area contributed by atoms with Gasteiger partial charge in [-0.3, -0.25) is 0 Å². The molecule has 0 fully saturated rings. The first-order valence-electron chi connectivity index (χ1n) is 3.11. The van der Waals surface area contributed by atoms with Gasteiger partial charge < -0.3 is 15.4 Å². The fourth-order valence-corrected chi connectivity index (χ4v) is 1.17. The van der Waals surface area contributed by atoms with E-state index in [1.165, 1.54) is 0 Å². The van der Waals surface area contributed by atoms with Crippen molar-refractivity contribution in [3.63, 3.8) is 0 Å². The summed E-state index contributed by atoms with van der Waals surface area (Å²) in [6.07, 6.45) is 0. The summed E-state index contributed by atoms with van der Waals surface area (Å²) in [5.74, 6) is -1.04. The molecule has 0 saturated carbocycles. The van der Waals surface area contributed by atoms with Gasteiger partial charge in [0.2, 0.25) is 0 Å². The minimum absolute atomic E-state index is 0. The normalized spacial score (nSPS) is 10.5. The van der Waals surface area contributed by atoms with Gasteiger partial charge >= 0.3 is 29.6 Å². The van der Waals surface area contributed by atoms with E-state index in [1.54, 1.807) is 12.1 Å². The fraction of sp³-hybridized carbons (Fsp3) is 0.125. The van der Waals surface area contributed by atoms with Crippen LogP contribution in [0.4, 0.5) is 0 Å². The van der Waals surface area contributed by atoms with E-state index in [2.05, 4.69) is 0 Å². The van der Waals surface area contributed by atoms with Crippen LogP contribution in [0.25, 0.3) is 0 Å². The van der Waals surface area contributed by atoms with E-state index in [9.17, 15) is 9.90 Å². The maximum absolute atomic E-state index is 10.4. The molecule has 1 atom stereocenters. The first-order valence-corrected chi connectivity index (χ1v) is 4.36. The number of carbonyl (C=O) groups excluding carboxylic acids is 1. The van der Waals surface area contributed by atoms with Crippen molar-refractivity contribution in [3.05, 3.63) is 35.9 Å². The number of carbonyl (C=O) groups is 1. The number of hydrogen-bond donors (Lipinski definition) is 0. The minimum atomic E-state index is -1.04. The zero-order chi connectivity index (χ0) is 8.27. The van der Waals surface area contributed by atoms with Gasteiger partial charge in [0.1, 0.15) is 0 Å². The number of hydrogen-bond acceptors (Lipinski definition) is 2. The fourth-order valence-electron chi connectivity index (χ4n) is 0.758. The third-order valence-corrected chi connectivity index (χ3v) is 2.53. The molecule has 0 aliphatic carbocycles. The van der Waals surface area contributed by atoms with Crippen molar-refractivity contribution in [3.8, 4) is 0 Å². The molecule has 0 aliphatic rings. The minimum Gasteiger partial charge on any atom is -0.549 e. The first kappa shape index (κ1) is 15.8. The van der Waals surface area contributed by atoms with Crippen molar-refractivity contribution in [2.24, 2.45) is 0 Å². The molecule has 0 spiro atoms. The van der Waals surface area contributed by atoms with Crippen molar-refractivity contribution < 1.29 is 44.9 Å². The SMILES string of the molecule is O.O=C([O-])C(I)c1ccccc1.[Na+]. The Bertz CT molecular complexity index is 253. The van der Waals surface area contributed by atoms with Crippen LogP contribution in [-0.2, 0) is 4.79 Å². The predicted molar refractivity (Wildman–Crippen MR) is 51.8 cm³/mol. The summed E-state index contributed by atoms with van der Waals surface area (Å²) in [4.78, 5) is 10.4. The Hall–Kier alpha value is 0.380. The molecule has 13 heavy (non-hydrogen) atoms. The van der Waals surface area contributed by atoms with E-state index in [4.69, 9.17) is 0 Å². The van der Waals surface area contributed by atoms with Crippen molar-refractivity contribution in [2.45, 2.75) is 3.92 Å². The van der Waals surface area contributed by atoms with Gasteiger partial charge in [0.05, 0.1) is 9.89 Å². The summed E-state index contributed by atoms with van der Waals surface area (Å²) in [7, 11) is 0. The summed E-state index contributed by atoms with van der Waals surface area (Å²) in [6, 6.07) is 9.01. The number of benzene rings is 1. The third kappa shape index (κ3) is 4.97. The number of aliphatic carboxylic acids is 1. The third-order valence-electron chi connectivity index (χ3n) is 1.30. The van der Waals surface area contributed by atoms with E-state index in [0.717, 1.165) is 5.56 Å². The Morgan fingerprint density at radius 2 is 1.77 bits per heavy atom. The van der Waals surface area contributed by atoms with Crippen molar-refractivity contribution in [1.82, 2.24) is 0 Å². The van der Waals surface area contributed by atoms with Gasteiger partial charge in [0, 0.05) is 0 Å². The van der Waals surface area contributed by atoms with Gasteiger partial charge in [-0.1, -0.05) is 52.9 Å². The quantitative estimate of drug-likeness (QED) is 0.334. The van der Waals surface area contributed by atoms with Crippen LogP contribution in [0.3, 0.4) is 0 Å². The molecular weight excluding hydrogens is 294 g/mol. The molecule has 0 amide bonds. The molecule has 1 rings (SSSR count). The summed E-state index contributed by atoms with van der Waals surface area (Å²) < 4.78 is -0.547. The zero-order valence-electron chi connectivity index (χ0n) is 7.16. The molecule has 0 saturated heterocycles. The average Bonchev–Trinajstić information content (AvgIpc) is 2.05. The van der Waals surface area contributed by atoms with Crippen LogP contribution in [-0.4, -0.2) is 11.4 Å². The number of carboxylic acid groups (broad SMARTS) is 1. The summed E-state index contributed by atoms with van der Waals surface area (Å²) in [5.41, 5.74) is 0.771. The van der Waals surface area contributed by atoms with Crippen LogP contribution in [0.5, 0.6) is 0 Å². The molecule has 3 nitrogen and oxygen atoms in total. The molecule has 0 aromatic heterocycles. The Kier molecular flexibility index (Phi) is 9.44. The average molecular weight is 302 g/mol. The van der Waals surface area contributed by atoms with Gasteiger partial charge in [-0.25, -0.2) is 0 Å². The molecular formula is C8H8INaO3. The Morgan fingerprint density at radius 1 is 1.31 bits per heavy atom. The van der Waals surface area contributed by atoms with Crippen molar-refractivity contribution in [2.75, 3.05) is 0 Å². The molecule has 0 aliphatic heterocycles. The standard InChI is InChI=1S/C8H7IO2.Na.H2O/c9-7(8(10)11)6-4-2-1-3-5-6;;/h1-5,7H,(H,10,11);;1H2/q;+1;/p-1. The van der Waals surface area contributed by atoms with E-state index >= 15 is 0 Å². The second kappa shape index (κ2) is 7.75. The van der Waals surface area contributed by atoms with Crippen LogP contribution in [0.2, 0.25) is 0 Å². The van der Waals surface area contributed by atoms with Gasteiger partial charge in [-0.05, 0) is 5.56 Å². The number of carboxylic acids is 1. The van der Waals surface area contributed by atoms with Crippen molar-refractivity contribution in [1.29, 1.82) is 0 Å². The zero-order valence-corrected chi connectivity index (χ0v) is 11.3. The summed E-state index contributed by atoms with van der Waals surface area (Å²) in [5, 5.41) is 10.4. The smallest absolute Gasteiger partial charge is 0.549 e. The molecule has 1 unspecified atom stereocenters. The second-order valence-corrected chi connectivity index (χ2v) is 3.34. The predicted octanol–water partition coefficient (Wildman–Crippen LogP) is -2.91. The molecule has 0 heterocycles. The van der Waals surface area contributed by atoms with E-state index in [0.29, 0.717) is 0 Å². The number of halogens is 1. The summed E-state index contributed by atoms with van der Waals surface area (Å²) in [6.45, 7) is 0. The van der Waals surface area contributed by atoms with Crippen molar-refractivity contribution >= 4 is 28.6 Å². The van der Waals surface area contributed by atoms with Crippen LogP contribution >= 0.6 is 22.6 Å². The van der Waals surface area contributed by atoms with Gasteiger partial charge in [0.15, 0.2) is 0 Å². The number of rotatable bonds is 2. The Morgan fingerprint density at radius 3 is 2.15 bits per heavy atom. The maximum Gasteiger partial charge on any atom is 1.00 e. The van der Waals surface area contributed by atoms with Crippen LogP contribution in [0.1, 0.15) is 9.49 Å². The Labute approximate surface area is 112 Å².